The fourth-order valence-electron chi connectivity index (χ4n) is 5.95. The normalized spacial score (nSPS) is 13.3. The van der Waals surface area contributed by atoms with Crippen molar-refractivity contribution in [2.45, 2.75) is 199 Å². The van der Waals surface area contributed by atoms with Crippen LogP contribution in [0.4, 0.5) is 0 Å². The van der Waals surface area contributed by atoms with E-state index in [9.17, 15) is 19.5 Å². The van der Waals surface area contributed by atoms with Gasteiger partial charge in [0.1, 0.15) is 12.1 Å². The molecule has 7 nitrogen and oxygen atoms in total. The molecule has 0 fully saturated rings. The first-order chi connectivity index (χ1) is 25.4. The zero-order valence-electron chi connectivity index (χ0n) is 33.4. The summed E-state index contributed by atoms with van der Waals surface area (Å²) in [6.07, 6.45) is 48.6. The van der Waals surface area contributed by atoms with Gasteiger partial charge in [0.05, 0.1) is 0 Å². The minimum absolute atomic E-state index is 0.0190. The van der Waals surface area contributed by atoms with Gasteiger partial charge < -0.3 is 20.9 Å². The molecule has 4 N–H and O–H groups in total. The maximum absolute atomic E-state index is 12.6. The first-order valence-corrected chi connectivity index (χ1v) is 21.1. The van der Waals surface area contributed by atoms with Crippen molar-refractivity contribution in [3.63, 3.8) is 0 Å². The van der Waals surface area contributed by atoms with E-state index in [0.717, 1.165) is 96.3 Å². The van der Waals surface area contributed by atoms with Gasteiger partial charge in [-0.15, -0.1) is 0 Å². The van der Waals surface area contributed by atoms with Gasteiger partial charge in [-0.2, -0.15) is 0 Å². The number of hydrogen-bond acceptors (Lipinski definition) is 5. The van der Waals surface area contributed by atoms with E-state index < -0.39 is 12.0 Å². The fourth-order valence-corrected chi connectivity index (χ4v) is 5.95. The van der Waals surface area contributed by atoms with Crippen molar-refractivity contribution in [3.8, 4) is 0 Å². The number of esters is 1. The van der Waals surface area contributed by atoms with E-state index >= 15 is 0 Å². The van der Waals surface area contributed by atoms with E-state index in [1.54, 1.807) is 0 Å². The van der Waals surface area contributed by atoms with Crippen LogP contribution in [0.25, 0.3) is 0 Å². The zero-order valence-corrected chi connectivity index (χ0v) is 33.4. The maximum atomic E-state index is 12.6. The van der Waals surface area contributed by atoms with Gasteiger partial charge in [-0.1, -0.05) is 139 Å². The van der Waals surface area contributed by atoms with Gasteiger partial charge in [0.2, 0.25) is 5.91 Å². The summed E-state index contributed by atoms with van der Waals surface area (Å²) in [4.78, 5) is 36.1. The summed E-state index contributed by atoms with van der Waals surface area (Å²) >= 11 is 0. The second-order valence-corrected chi connectivity index (χ2v) is 14.0. The first kappa shape index (κ1) is 49.1. The molecule has 0 aliphatic rings. The molecule has 1 amide bonds. The number of ether oxygens (including phenoxy) is 1. The van der Waals surface area contributed by atoms with E-state index in [1.165, 1.54) is 51.4 Å². The molecule has 0 aromatic heterocycles. The predicted molar refractivity (Wildman–Crippen MR) is 220 cm³/mol. The molecule has 0 aromatic rings. The summed E-state index contributed by atoms with van der Waals surface area (Å²) in [5.74, 6) is -1.29. The van der Waals surface area contributed by atoms with Crippen LogP contribution >= 0.6 is 0 Å². The van der Waals surface area contributed by atoms with E-state index in [2.05, 4.69) is 79.9 Å². The quantitative estimate of drug-likeness (QED) is 0.0333. The molecular weight excluding hydrogens is 649 g/mol. The molecule has 0 rings (SSSR count). The number of hydrogen-bond donors (Lipinski definition) is 3. The van der Waals surface area contributed by atoms with Crippen molar-refractivity contribution in [1.82, 2.24) is 5.32 Å². The van der Waals surface area contributed by atoms with Crippen molar-refractivity contribution in [1.29, 1.82) is 0 Å². The average Bonchev–Trinajstić information content (AvgIpc) is 3.13. The molecule has 0 spiro atoms. The van der Waals surface area contributed by atoms with Gasteiger partial charge in [0, 0.05) is 12.8 Å². The lowest BCUT2D eigenvalue weighted by molar-refractivity contribution is -0.150. The number of amides is 1. The summed E-state index contributed by atoms with van der Waals surface area (Å²) in [6.45, 7) is 4.77. The molecule has 0 radical (unpaired) electrons. The third-order valence-corrected chi connectivity index (χ3v) is 9.10. The third-order valence-electron chi connectivity index (χ3n) is 9.10. The average molecular weight is 727 g/mol. The highest BCUT2D eigenvalue weighted by molar-refractivity contribution is 5.83. The van der Waals surface area contributed by atoms with Crippen molar-refractivity contribution >= 4 is 17.8 Å². The highest BCUT2D eigenvalue weighted by Gasteiger charge is 2.19. The SMILES string of the molecule is CC/C=C\C/C=C\C/C=C\C/C=C\C/C=C\CCCCCCCCCC(=O)OC(CCCCCC)CCCCCCC(=O)NC(CCCN)C(=O)O. The van der Waals surface area contributed by atoms with E-state index in [4.69, 9.17) is 10.5 Å². The lowest BCUT2D eigenvalue weighted by Gasteiger charge is -2.18. The number of carbonyl (C=O) groups is 3. The molecule has 0 bridgehead atoms. The molecule has 7 heteroatoms. The molecule has 0 aromatic carbocycles. The Bertz CT molecular complexity index is 1000. The molecule has 2 atom stereocenters. The van der Waals surface area contributed by atoms with Crippen molar-refractivity contribution in [3.05, 3.63) is 60.8 Å². The minimum Gasteiger partial charge on any atom is -0.480 e. The topological polar surface area (TPSA) is 119 Å². The highest BCUT2D eigenvalue weighted by atomic mass is 16.5. The molecular formula is C45H78N2O5. The Labute approximate surface area is 319 Å². The van der Waals surface area contributed by atoms with Gasteiger partial charge in [-0.05, 0) is 103 Å². The Morgan fingerprint density at radius 3 is 1.60 bits per heavy atom. The van der Waals surface area contributed by atoms with Crippen LogP contribution in [-0.4, -0.2) is 41.6 Å². The largest absolute Gasteiger partial charge is 0.480 e. The number of rotatable bonds is 37. The number of unbranched alkanes of at least 4 members (excludes halogenated alkanes) is 13. The lowest BCUT2D eigenvalue weighted by Crippen LogP contribution is -2.40. The summed E-state index contributed by atoms with van der Waals surface area (Å²) < 4.78 is 5.94. The first-order valence-electron chi connectivity index (χ1n) is 21.1. The fraction of sp³-hybridized carbons (Fsp3) is 0.711. The van der Waals surface area contributed by atoms with Crippen LogP contribution in [0.3, 0.4) is 0 Å². The summed E-state index contributed by atoms with van der Waals surface area (Å²) in [5, 5.41) is 11.9. The smallest absolute Gasteiger partial charge is 0.326 e. The Kier molecular flexibility index (Phi) is 37.1. The number of nitrogens with one attached hydrogen (secondary N) is 1. The van der Waals surface area contributed by atoms with Crippen LogP contribution in [0.2, 0.25) is 0 Å². The van der Waals surface area contributed by atoms with Crippen LogP contribution in [-0.2, 0) is 19.1 Å². The molecule has 0 aliphatic heterocycles. The Morgan fingerprint density at radius 1 is 0.577 bits per heavy atom. The monoisotopic (exact) mass is 727 g/mol. The lowest BCUT2D eigenvalue weighted by atomic mass is 10.0. The van der Waals surface area contributed by atoms with Crippen LogP contribution in [0, 0.1) is 0 Å². The molecule has 0 heterocycles. The minimum atomic E-state index is -1.01. The second-order valence-electron chi connectivity index (χ2n) is 14.0. The predicted octanol–water partition coefficient (Wildman–Crippen LogP) is 11.8. The summed E-state index contributed by atoms with van der Waals surface area (Å²) in [6, 6.07) is -0.865. The van der Waals surface area contributed by atoms with Gasteiger partial charge in [-0.25, -0.2) is 4.79 Å². The number of carbonyl (C=O) groups excluding carboxylic acids is 2. The number of carboxylic acid groups (broad SMARTS) is 1. The molecule has 52 heavy (non-hydrogen) atoms. The zero-order chi connectivity index (χ0) is 38.2. The molecule has 2 unspecified atom stereocenters. The van der Waals surface area contributed by atoms with Gasteiger partial charge in [-0.3, -0.25) is 9.59 Å². The third kappa shape index (κ3) is 35.5. The van der Waals surface area contributed by atoms with Crippen molar-refractivity contribution in [2.24, 2.45) is 5.73 Å². The molecule has 0 saturated heterocycles. The van der Waals surface area contributed by atoms with E-state index in [1.807, 2.05) is 0 Å². The maximum Gasteiger partial charge on any atom is 0.326 e. The van der Waals surface area contributed by atoms with Crippen LogP contribution in [0.5, 0.6) is 0 Å². The second kappa shape index (κ2) is 39.3. The molecule has 298 valence electrons. The molecule has 0 aliphatic carbocycles. The van der Waals surface area contributed by atoms with Crippen LogP contribution < -0.4 is 11.1 Å². The number of carboxylic acids is 1. The Balaban J connectivity index is 3.98. The summed E-state index contributed by atoms with van der Waals surface area (Å²) in [5.41, 5.74) is 5.47. The molecule has 0 saturated carbocycles. The van der Waals surface area contributed by atoms with Gasteiger partial charge >= 0.3 is 11.9 Å². The van der Waals surface area contributed by atoms with Crippen molar-refractivity contribution in [2.75, 3.05) is 6.54 Å². The number of nitrogens with two attached hydrogens (primary N) is 1. The van der Waals surface area contributed by atoms with Crippen molar-refractivity contribution < 1.29 is 24.2 Å². The highest BCUT2D eigenvalue weighted by Crippen LogP contribution is 2.18. The van der Waals surface area contributed by atoms with E-state index in [0.29, 0.717) is 32.2 Å². The van der Waals surface area contributed by atoms with Crippen LogP contribution in [0.1, 0.15) is 187 Å². The van der Waals surface area contributed by atoms with Gasteiger partial charge in [0.15, 0.2) is 0 Å². The standard InChI is InChI=1S/C45H78N2O5/c1-3-5-7-9-10-11-12-13-14-15-16-17-18-19-20-21-22-23-24-25-26-27-33-39-44(49)52-41(35-30-8-6-4-2)36-31-28-29-32-38-43(48)47-42(45(50)51)37-34-40-46/h5,7,10-11,13-14,16-17,19-20,41-42H,3-4,6,8-9,12,15,18,21-40,46H2,1-2H3,(H,47,48)(H,50,51)/b7-5-,11-10-,14-13-,17-16-,20-19-. The van der Waals surface area contributed by atoms with Crippen LogP contribution in [0.15, 0.2) is 60.8 Å². The number of allylic oxidation sites excluding steroid dienone is 10. The number of aliphatic carboxylic acids is 1. The Hall–Kier alpha value is -2.93. The van der Waals surface area contributed by atoms with Gasteiger partial charge in [0.25, 0.3) is 0 Å². The van der Waals surface area contributed by atoms with E-state index in [-0.39, 0.29) is 18.0 Å². The summed E-state index contributed by atoms with van der Waals surface area (Å²) in [7, 11) is 0. The Morgan fingerprint density at radius 2 is 1.06 bits per heavy atom.